The summed E-state index contributed by atoms with van der Waals surface area (Å²) in [5.74, 6) is 1.34. The summed E-state index contributed by atoms with van der Waals surface area (Å²) in [5.41, 5.74) is 12.5. The predicted octanol–water partition coefficient (Wildman–Crippen LogP) is 12.0. The molecule has 0 saturated carbocycles. The van der Waals surface area contributed by atoms with Crippen LogP contribution in [0.2, 0.25) is 0 Å². The van der Waals surface area contributed by atoms with Gasteiger partial charge in [0.2, 0.25) is 0 Å². The van der Waals surface area contributed by atoms with Gasteiger partial charge in [0.05, 0.1) is 11.3 Å². The number of anilines is 4. The maximum atomic E-state index is 11.2. The number of para-hydroxylation sites is 4. The second-order valence-electron chi connectivity index (χ2n) is 13.6. The van der Waals surface area contributed by atoms with Crippen molar-refractivity contribution in [1.29, 1.82) is 0 Å². The first kappa shape index (κ1) is 35.0. The number of phenolic OH excluding ortho intramolecular Hbond substituents is 1. The van der Waals surface area contributed by atoms with Gasteiger partial charge in [0.25, 0.3) is 0 Å². The summed E-state index contributed by atoms with van der Waals surface area (Å²) in [4.78, 5) is 9.67. The number of benzene rings is 6. The number of imidazole rings is 1. The zero-order chi connectivity index (χ0) is 35.1. The topological polar surface area (TPSA) is 44.5 Å². The Morgan fingerprint density at radius 1 is 0.635 bits per heavy atom. The molecule has 52 heavy (non-hydrogen) atoms. The van der Waals surface area contributed by atoms with E-state index in [1.54, 1.807) is 6.07 Å². The zero-order valence-corrected chi connectivity index (χ0v) is 31.9. The largest absolute Gasteiger partial charge is 2.00 e. The molecular weight excluding hydrogens is 820 g/mol. The van der Waals surface area contributed by atoms with Gasteiger partial charge in [-0.15, -0.1) is 36.5 Å². The van der Waals surface area contributed by atoms with Crippen molar-refractivity contribution in [3.63, 3.8) is 0 Å². The van der Waals surface area contributed by atoms with Gasteiger partial charge in [-0.3, -0.25) is 4.98 Å². The first-order valence-corrected chi connectivity index (χ1v) is 17.6. The van der Waals surface area contributed by atoms with Gasteiger partial charge in [-0.1, -0.05) is 106 Å². The molecule has 5 nitrogen and oxygen atoms in total. The normalized spacial score (nSPS) is 12.3. The van der Waals surface area contributed by atoms with E-state index >= 15 is 0 Å². The molecule has 7 aromatic rings. The second kappa shape index (κ2) is 14.7. The molecule has 8 rings (SSSR count). The summed E-state index contributed by atoms with van der Waals surface area (Å²) in [5, 5.41) is 11.2. The van der Waals surface area contributed by atoms with Crippen LogP contribution in [0.3, 0.4) is 0 Å². The molecule has 0 atom stereocenters. The van der Waals surface area contributed by atoms with Crippen LogP contribution in [0.5, 0.6) is 5.75 Å². The van der Waals surface area contributed by atoms with Crippen LogP contribution < -0.4 is 9.80 Å². The van der Waals surface area contributed by atoms with Gasteiger partial charge in [-0.25, -0.2) is 0 Å². The first-order chi connectivity index (χ1) is 24.9. The Labute approximate surface area is 321 Å². The van der Waals surface area contributed by atoms with Crippen molar-refractivity contribution in [2.45, 2.75) is 39.5 Å². The number of hydrogen-bond acceptors (Lipinski definition) is 4. The van der Waals surface area contributed by atoms with Gasteiger partial charge in [0.1, 0.15) is 11.6 Å². The molecule has 0 amide bonds. The summed E-state index contributed by atoms with van der Waals surface area (Å²) in [6.45, 7) is 11.1. The van der Waals surface area contributed by atoms with Crippen LogP contribution >= 0.6 is 0 Å². The molecule has 0 unspecified atom stereocenters. The number of fused-ring (bicyclic) bond motifs is 1. The second-order valence-corrected chi connectivity index (χ2v) is 13.6. The smallest absolute Gasteiger partial charge is 0.507 e. The molecule has 6 heteroatoms. The Kier molecular flexibility index (Phi) is 9.90. The van der Waals surface area contributed by atoms with Crippen LogP contribution in [0.15, 0.2) is 146 Å². The summed E-state index contributed by atoms with van der Waals surface area (Å²) < 4.78 is 2.19. The summed E-state index contributed by atoms with van der Waals surface area (Å²) in [7, 11) is 0. The molecule has 0 bridgehead atoms. The molecule has 1 aliphatic rings. The molecule has 0 fully saturated rings. The maximum absolute atomic E-state index is 11.2. The van der Waals surface area contributed by atoms with Crippen molar-refractivity contribution in [2.75, 3.05) is 9.80 Å². The van der Waals surface area contributed by atoms with Crippen LogP contribution in [0.1, 0.15) is 50.7 Å². The maximum Gasteiger partial charge on any atom is 2.00 e. The van der Waals surface area contributed by atoms with Gasteiger partial charge in [-0.2, -0.15) is 0 Å². The van der Waals surface area contributed by atoms with Gasteiger partial charge >= 0.3 is 21.1 Å². The minimum Gasteiger partial charge on any atom is -0.507 e. The van der Waals surface area contributed by atoms with E-state index in [9.17, 15) is 5.11 Å². The Morgan fingerprint density at radius 3 is 1.88 bits per heavy atom. The average molecular weight is 860 g/mol. The SMILES string of the molecule is CC(C)c1cc(-c2ccccc2)cc(C(C)C)c1-n1cc(-c2[c-]c(N3[CH-]N(c4ccccc4)c4ccccc43)ccc2)nc1-c1ccccc1O.[Pt+2]. The number of hydrogen-bond donors (Lipinski definition) is 1. The van der Waals surface area contributed by atoms with E-state index in [1.165, 1.54) is 22.3 Å². The summed E-state index contributed by atoms with van der Waals surface area (Å²) in [6, 6.07) is 51.4. The van der Waals surface area contributed by atoms with Gasteiger partial charge in [-0.05, 0) is 88.8 Å². The van der Waals surface area contributed by atoms with E-state index in [2.05, 4.69) is 170 Å². The van der Waals surface area contributed by atoms with Crippen LogP contribution in [0.25, 0.3) is 39.5 Å². The number of rotatable bonds is 8. The van der Waals surface area contributed by atoms with Crippen molar-refractivity contribution in [2.24, 2.45) is 0 Å². The van der Waals surface area contributed by atoms with Gasteiger partial charge in [0, 0.05) is 22.8 Å². The molecule has 1 aliphatic heterocycles. The fourth-order valence-corrected chi connectivity index (χ4v) is 7.01. The van der Waals surface area contributed by atoms with Gasteiger partial charge in [0.15, 0.2) is 0 Å². The Balaban J connectivity index is 0.00000420. The molecule has 0 spiro atoms. The number of phenols is 1. The Hall–Kier alpha value is -5.38. The van der Waals surface area contributed by atoms with Crippen LogP contribution in [0, 0.1) is 12.7 Å². The molecule has 6 aromatic carbocycles. The van der Waals surface area contributed by atoms with Crippen molar-refractivity contribution in [1.82, 2.24) is 9.55 Å². The third-order valence-corrected chi connectivity index (χ3v) is 9.59. The molecule has 2 heterocycles. The average Bonchev–Trinajstić information content (AvgIpc) is 3.78. The molecule has 0 radical (unpaired) electrons. The first-order valence-electron chi connectivity index (χ1n) is 17.6. The van der Waals surface area contributed by atoms with Crippen LogP contribution in [-0.2, 0) is 21.1 Å². The van der Waals surface area contributed by atoms with E-state index in [0.717, 1.165) is 39.7 Å². The number of aromatic hydroxyl groups is 1. The zero-order valence-electron chi connectivity index (χ0n) is 29.6. The van der Waals surface area contributed by atoms with E-state index in [-0.39, 0.29) is 38.7 Å². The predicted molar refractivity (Wildman–Crippen MR) is 210 cm³/mol. The number of aromatic nitrogens is 2. The Morgan fingerprint density at radius 2 is 1.23 bits per heavy atom. The van der Waals surface area contributed by atoms with Crippen molar-refractivity contribution in [3.05, 3.63) is 170 Å². The fraction of sp³-hybridized carbons (Fsp3) is 0.130. The van der Waals surface area contributed by atoms with E-state index in [1.807, 2.05) is 24.3 Å². The minimum absolute atomic E-state index is 0. The monoisotopic (exact) mass is 859 g/mol. The quantitative estimate of drug-likeness (QED) is 0.155. The van der Waals surface area contributed by atoms with Crippen LogP contribution in [0.4, 0.5) is 22.7 Å². The van der Waals surface area contributed by atoms with Crippen molar-refractivity contribution >= 4 is 22.7 Å². The molecule has 260 valence electrons. The third-order valence-electron chi connectivity index (χ3n) is 9.59. The summed E-state index contributed by atoms with van der Waals surface area (Å²) in [6.07, 6.45) is 2.12. The standard InChI is InChI=1S/C46H40N4O.Pt/c1-31(2)39-27-35(33-16-7-5-8-17-33)28-40(32(3)4)45(39)48-29-41(47-46(48)38-22-11-14-25-44(38)51)34-18-15-21-37(26-34)50-30-49(36-19-9-6-10-20-36)42-23-12-13-24-43(42)50;/h5-25,27-32,51H,1-4H3;/q-2;+2. The molecular formula is C46H40N4OPt. The van der Waals surface area contributed by atoms with Crippen molar-refractivity contribution < 1.29 is 26.2 Å². The molecule has 0 saturated heterocycles. The number of nitrogens with zero attached hydrogens (tertiary/aromatic N) is 4. The van der Waals surface area contributed by atoms with Gasteiger partial charge < -0.3 is 19.5 Å². The molecule has 1 N–H and O–H groups in total. The van der Waals surface area contributed by atoms with E-state index in [0.29, 0.717) is 11.4 Å². The Bertz CT molecular complexity index is 2300. The minimum atomic E-state index is 0. The third kappa shape index (κ3) is 6.46. The van der Waals surface area contributed by atoms with E-state index in [4.69, 9.17) is 4.98 Å². The molecule has 1 aromatic heterocycles. The van der Waals surface area contributed by atoms with E-state index < -0.39 is 0 Å². The fourth-order valence-electron chi connectivity index (χ4n) is 7.01. The van der Waals surface area contributed by atoms with Crippen molar-refractivity contribution in [3.8, 4) is 45.2 Å². The summed E-state index contributed by atoms with van der Waals surface area (Å²) >= 11 is 0. The molecule has 0 aliphatic carbocycles. The van der Waals surface area contributed by atoms with Crippen LogP contribution in [-0.4, -0.2) is 14.7 Å².